The van der Waals surface area contributed by atoms with Gasteiger partial charge < -0.3 is 24.4 Å². The van der Waals surface area contributed by atoms with Crippen molar-refractivity contribution in [3.05, 3.63) is 42.5 Å². The fourth-order valence-corrected chi connectivity index (χ4v) is 5.62. The highest BCUT2D eigenvalue weighted by Crippen LogP contribution is 2.32. The lowest BCUT2D eigenvalue weighted by Crippen LogP contribution is -2.40. The highest BCUT2D eigenvalue weighted by molar-refractivity contribution is 7.89. The number of sulfonamides is 1. The Morgan fingerprint density at radius 1 is 1.00 bits per heavy atom. The van der Waals surface area contributed by atoms with Crippen LogP contribution in [0.5, 0.6) is 11.5 Å². The van der Waals surface area contributed by atoms with Gasteiger partial charge in [0, 0.05) is 26.2 Å². The fourth-order valence-electron chi connectivity index (χ4n) is 4.19. The summed E-state index contributed by atoms with van der Waals surface area (Å²) in [5.74, 6) is 0.605. The number of hydrogen-bond acceptors (Lipinski definition) is 7. The molecule has 1 amide bonds. The lowest BCUT2D eigenvalue weighted by atomic mass is 10.1. The molecular formula is C24H31N3O6S. The highest BCUT2D eigenvalue weighted by atomic mass is 32.2. The SMILES string of the molecule is COc1ccccc1OCC(=O)Nc1cc(S(=O)(=O)N2CCOCC2)ccc1N1CCCCC1. The molecular weight excluding hydrogens is 458 g/mol. The largest absolute Gasteiger partial charge is 0.493 e. The summed E-state index contributed by atoms with van der Waals surface area (Å²) < 4.78 is 44.0. The molecule has 2 fully saturated rings. The molecule has 0 unspecified atom stereocenters. The Morgan fingerprint density at radius 3 is 2.41 bits per heavy atom. The van der Waals surface area contributed by atoms with E-state index in [1.54, 1.807) is 36.4 Å². The molecule has 2 aromatic rings. The first-order valence-corrected chi connectivity index (χ1v) is 13.0. The van der Waals surface area contributed by atoms with Gasteiger partial charge in [-0.25, -0.2) is 8.42 Å². The second-order valence-corrected chi connectivity index (χ2v) is 10.2. The quantitative estimate of drug-likeness (QED) is 0.609. The van der Waals surface area contributed by atoms with E-state index in [4.69, 9.17) is 14.2 Å². The predicted molar refractivity (Wildman–Crippen MR) is 129 cm³/mol. The number of carbonyl (C=O) groups excluding carboxylic acids is 1. The molecule has 2 aliphatic rings. The summed E-state index contributed by atoms with van der Waals surface area (Å²) in [4.78, 5) is 15.1. The van der Waals surface area contributed by atoms with E-state index in [-0.39, 0.29) is 17.4 Å². The zero-order valence-electron chi connectivity index (χ0n) is 19.4. The highest BCUT2D eigenvalue weighted by Gasteiger charge is 2.28. The summed E-state index contributed by atoms with van der Waals surface area (Å²) in [6, 6.07) is 12.0. The monoisotopic (exact) mass is 489 g/mol. The number of nitrogens with one attached hydrogen (secondary N) is 1. The number of morpholine rings is 1. The minimum atomic E-state index is -3.70. The smallest absolute Gasteiger partial charge is 0.262 e. The van der Waals surface area contributed by atoms with Crippen LogP contribution >= 0.6 is 0 Å². The van der Waals surface area contributed by atoms with Crippen molar-refractivity contribution in [1.29, 1.82) is 0 Å². The summed E-state index contributed by atoms with van der Waals surface area (Å²) in [6.45, 7) is 2.84. The van der Waals surface area contributed by atoms with Gasteiger partial charge in [-0.1, -0.05) is 12.1 Å². The molecule has 34 heavy (non-hydrogen) atoms. The van der Waals surface area contributed by atoms with E-state index >= 15 is 0 Å². The molecule has 0 aliphatic carbocycles. The summed E-state index contributed by atoms with van der Waals surface area (Å²) in [7, 11) is -2.16. The summed E-state index contributed by atoms with van der Waals surface area (Å²) >= 11 is 0. The van der Waals surface area contributed by atoms with Gasteiger partial charge in [0.25, 0.3) is 5.91 Å². The maximum absolute atomic E-state index is 13.2. The van der Waals surface area contributed by atoms with Crippen LogP contribution < -0.4 is 19.7 Å². The number of amides is 1. The van der Waals surface area contributed by atoms with Crippen LogP contribution in [0.1, 0.15) is 19.3 Å². The average Bonchev–Trinajstić information content (AvgIpc) is 2.88. The van der Waals surface area contributed by atoms with E-state index in [9.17, 15) is 13.2 Å². The van der Waals surface area contributed by atoms with Gasteiger partial charge in [0.15, 0.2) is 18.1 Å². The number of rotatable bonds is 8. The van der Waals surface area contributed by atoms with Gasteiger partial charge >= 0.3 is 0 Å². The summed E-state index contributed by atoms with van der Waals surface area (Å²) in [5.41, 5.74) is 1.27. The number of methoxy groups -OCH3 is 1. The molecule has 0 radical (unpaired) electrons. The first kappa shape index (κ1) is 24.3. The van der Waals surface area contributed by atoms with Gasteiger partial charge in [-0.05, 0) is 49.6 Å². The molecule has 4 rings (SSSR count). The molecule has 0 bridgehead atoms. The van der Waals surface area contributed by atoms with Crippen molar-refractivity contribution in [2.75, 3.05) is 63.3 Å². The van der Waals surface area contributed by atoms with Gasteiger partial charge in [-0.2, -0.15) is 4.31 Å². The molecule has 2 heterocycles. The lowest BCUT2D eigenvalue weighted by molar-refractivity contribution is -0.118. The third kappa shape index (κ3) is 5.63. The van der Waals surface area contributed by atoms with Gasteiger partial charge in [-0.15, -0.1) is 0 Å². The fraction of sp³-hybridized carbons (Fsp3) is 0.458. The molecule has 0 saturated carbocycles. The van der Waals surface area contributed by atoms with Crippen LogP contribution in [0.25, 0.3) is 0 Å². The third-order valence-electron chi connectivity index (χ3n) is 5.97. The van der Waals surface area contributed by atoms with Gasteiger partial charge in [-0.3, -0.25) is 4.79 Å². The number of benzene rings is 2. The van der Waals surface area contributed by atoms with Crippen LogP contribution in [0, 0.1) is 0 Å². The van der Waals surface area contributed by atoms with Crippen molar-refractivity contribution in [1.82, 2.24) is 4.31 Å². The van der Waals surface area contributed by atoms with E-state index in [0.29, 0.717) is 43.5 Å². The van der Waals surface area contributed by atoms with Crippen LogP contribution in [0.2, 0.25) is 0 Å². The number of ether oxygens (including phenoxy) is 3. The number of piperidine rings is 1. The van der Waals surface area contributed by atoms with Crippen molar-refractivity contribution in [3.63, 3.8) is 0 Å². The zero-order chi connectivity index (χ0) is 24.0. The Kier molecular flexibility index (Phi) is 7.91. The molecule has 9 nitrogen and oxygen atoms in total. The van der Waals surface area contributed by atoms with E-state index in [1.807, 2.05) is 6.07 Å². The van der Waals surface area contributed by atoms with Crippen LogP contribution in [0.15, 0.2) is 47.4 Å². The lowest BCUT2D eigenvalue weighted by Gasteiger charge is -2.31. The Balaban J connectivity index is 1.56. The molecule has 0 aromatic heterocycles. The molecule has 184 valence electrons. The maximum atomic E-state index is 13.2. The first-order chi connectivity index (χ1) is 16.5. The van der Waals surface area contributed by atoms with Crippen molar-refractivity contribution >= 4 is 27.3 Å². The van der Waals surface area contributed by atoms with E-state index in [2.05, 4.69) is 10.2 Å². The Morgan fingerprint density at radius 2 is 1.71 bits per heavy atom. The molecule has 0 spiro atoms. The molecule has 10 heteroatoms. The van der Waals surface area contributed by atoms with Crippen LogP contribution in [-0.2, 0) is 19.6 Å². The molecule has 0 atom stereocenters. The third-order valence-corrected chi connectivity index (χ3v) is 7.87. The van der Waals surface area contributed by atoms with Crippen LogP contribution in [0.4, 0.5) is 11.4 Å². The average molecular weight is 490 g/mol. The molecule has 2 aliphatic heterocycles. The minimum absolute atomic E-state index is 0.149. The summed E-state index contributed by atoms with van der Waals surface area (Å²) in [5, 5.41) is 2.88. The Labute approximate surface area is 200 Å². The number of nitrogens with zero attached hydrogens (tertiary/aromatic N) is 2. The van der Waals surface area contributed by atoms with Crippen molar-refractivity contribution in [2.45, 2.75) is 24.2 Å². The van der Waals surface area contributed by atoms with Crippen LogP contribution in [0.3, 0.4) is 0 Å². The standard InChI is InChI=1S/C24H31N3O6S/c1-31-22-7-3-4-8-23(22)33-18-24(28)25-20-17-19(34(29,30)27-13-15-32-16-14-27)9-10-21(20)26-11-5-2-6-12-26/h3-4,7-10,17H,2,5-6,11-16,18H2,1H3,(H,25,28). The first-order valence-electron chi connectivity index (χ1n) is 11.5. The Hall–Kier alpha value is -2.82. The van der Waals surface area contributed by atoms with Crippen molar-refractivity contribution in [3.8, 4) is 11.5 Å². The van der Waals surface area contributed by atoms with E-state index < -0.39 is 10.0 Å². The zero-order valence-corrected chi connectivity index (χ0v) is 20.2. The minimum Gasteiger partial charge on any atom is -0.493 e. The predicted octanol–water partition coefficient (Wildman–Crippen LogP) is 2.72. The van der Waals surface area contributed by atoms with Gasteiger partial charge in [0.05, 0.1) is 36.6 Å². The number of anilines is 2. The van der Waals surface area contributed by atoms with Gasteiger partial charge in [0.1, 0.15) is 0 Å². The number of carbonyl (C=O) groups is 1. The van der Waals surface area contributed by atoms with E-state index in [1.165, 1.54) is 11.4 Å². The Bertz CT molecular complexity index is 1100. The molecule has 2 saturated heterocycles. The number of para-hydroxylation sites is 2. The van der Waals surface area contributed by atoms with Crippen molar-refractivity contribution in [2.24, 2.45) is 0 Å². The molecule has 2 aromatic carbocycles. The maximum Gasteiger partial charge on any atom is 0.262 e. The topological polar surface area (TPSA) is 97.4 Å². The van der Waals surface area contributed by atoms with Gasteiger partial charge in [0.2, 0.25) is 10.0 Å². The number of hydrogen-bond donors (Lipinski definition) is 1. The second kappa shape index (κ2) is 11.1. The summed E-state index contributed by atoms with van der Waals surface area (Å²) in [6.07, 6.45) is 3.27. The van der Waals surface area contributed by atoms with E-state index in [0.717, 1.165) is 38.0 Å². The van der Waals surface area contributed by atoms with Crippen molar-refractivity contribution < 1.29 is 27.4 Å². The normalized spacial score (nSPS) is 17.3. The second-order valence-electron chi connectivity index (χ2n) is 8.23. The molecule has 1 N–H and O–H groups in total. The van der Waals surface area contributed by atoms with Crippen LogP contribution in [-0.4, -0.2) is 71.7 Å².